The van der Waals surface area contributed by atoms with Crippen LogP contribution in [-0.2, 0) is 0 Å². The van der Waals surface area contributed by atoms with E-state index in [2.05, 4.69) is 16.9 Å². The van der Waals surface area contributed by atoms with E-state index in [4.69, 9.17) is 0 Å². The SMILES string of the molecule is C=Cn1c([N+](=O)[O-])cnc1C=Cc1ccc(C(=O)NC(C)CC)cc1. The van der Waals surface area contributed by atoms with E-state index in [0.717, 1.165) is 12.0 Å². The van der Waals surface area contributed by atoms with E-state index < -0.39 is 4.92 Å². The number of nitro groups is 1. The maximum absolute atomic E-state index is 12.0. The zero-order chi connectivity index (χ0) is 18.4. The molecule has 0 saturated carbocycles. The average molecular weight is 340 g/mol. The van der Waals surface area contributed by atoms with Crippen LogP contribution in [0, 0.1) is 10.1 Å². The second-order valence-electron chi connectivity index (χ2n) is 5.52. The highest BCUT2D eigenvalue weighted by Gasteiger charge is 2.15. The molecule has 0 bridgehead atoms. The van der Waals surface area contributed by atoms with Crippen molar-refractivity contribution in [3.63, 3.8) is 0 Å². The number of rotatable bonds is 7. The molecule has 0 aliphatic heterocycles. The first kappa shape index (κ1) is 18.1. The van der Waals surface area contributed by atoms with E-state index in [1.807, 2.05) is 13.8 Å². The van der Waals surface area contributed by atoms with E-state index >= 15 is 0 Å². The Kier molecular flexibility index (Phi) is 5.84. The molecule has 1 aromatic carbocycles. The summed E-state index contributed by atoms with van der Waals surface area (Å²) in [5, 5.41) is 13.8. The zero-order valence-electron chi connectivity index (χ0n) is 14.2. The van der Waals surface area contributed by atoms with Gasteiger partial charge in [0, 0.05) is 17.7 Å². The van der Waals surface area contributed by atoms with Gasteiger partial charge in [0.05, 0.1) is 6.20 Å². The summed E-state index contributed by atoms with van der Waals surface area (Å²) in [5.41, 5.74) is 1.43. The lowest BCUT2D eigenvalue weighted by Crippen LogP contribution is -2.31. The minimum atomic E-state index is -0.517. The molecule has 0 radical (unpaired) electrons. The summed E-state index contributed by atoms with van der Waals surface area (Å²) in [6.07, 6.45) is 6.82. The van der Waals surface area contributed by atoms with Crippen molar-refractivity contribution in [1.82, 2.24) is 14.9 Å². The van der Waals surface area contributed by atoms with Crippen LogP contribution in [0.2, 0.25) is 0 Å². The number of amides is 1. The summed E-state index contributed by atoms with van der Waals surface area (Å²) < 4.78 is 1.30. The van der Waals surface area contributed by atoms with Crippen molar-refractivity contribution in [2.75, 3.05) is 0 Å². The Morgan fingerprint density at radius 1 is 1.40 bits per heavy atom. The summed E-state index contributed by atoms with van der Waals surface area (Å²) >= 11 is 0. The van der Waals surface area contributed by atoms with Crippen molar-refractivity contribution < 1.29 is 9.72 Å². The standard InChI is InChI=1S/C18H20N4O3/c1-4-13(3)20-18(23)15-9-6-14(7-10-15)8-11-16-19-12-17(22(24)25)21(16)5-2/h5-13H,2,4H2,1,3H3,(H,20,23). The number of carbonyl (C=O) groups is 1. The first-order valence-corrected chi connectivity index (χ1v) is 7.89. The van der Waals surface area contributed by atoms with E-state index in [9.17, 15) is 14.9 Å². The molecule has 7 heteroatoms. The third-order valence-electron chi connectivity index (χ3n) is 3.76. The third-order valence-corrected chi connectivity index (χ3v) is 3.76. The number of benzene rings is 1. The van der Waals surface area contributed by atoms with Crippen LogP contribution in [0.15, 0.2) is 37.0 Å². The molecular formula is C18H20N4O3. The second-order valence-corrected chi connectivity index (χ2v) is 5.52. The lowest BCUT2D eigenvalue weighted by molar-refractivity contribution is -0.390. The van der Waals surface area contributed by atoms with E-state index in [0.29, 0.717) is 11.4 Å². The van der Waals surface area contributed by atoms with Crippen LogP contribution >= 0.6 is 0 Å². The van der Waals surface area contributed by atoms with Gasteiger partial charge in [-0.2, -0.15) is 4.57 Å². The van der Waals surface area contributed by atoms with E-state index in [1.54, 1.807) is 36.4 Å². The first-order chi connectivity index (χ1) is 12.0. The summed E-state index contributed by atoms with van der Waals surface area (Å²) in [4.78, 5) is 26.4. The Labute approximate surface area is 145 Å². The third kappa shape index (κ3) is 4.41. The van der Waals surface area contributed by atoms with Crippen molar-refractivity contribution in [3.8, 4) is 0 Å². The van der Waals surface area contributed by atoms with Crippen LogP contribution in [0.4, 0.5) is 5.82 Å². The van der Waals surface area contributed by atoms with Gasteiger partial charge < -0.3 is 15.4 Å². The summed E-state index contributed by atoms with van der Waals surface area (Å²) in [6, 6.07) is 7.20. The number of imidazole rings is 1. The minimum absolute atomic E-state index is 0.109. The maximum Gasteiger partial charge on any atom is 0.347 e. The Morgan fingerprint density at radius 3 is 2.64 bits per heavy atom. The molecule has 0 saturated heterocycles. The normalized spacial score (nSPS) is 12.1. The number of carbonyl (C=O) groups excluding carboxylic acids is 1. The molecular weight excluding hydrogens is 320 g/mol. The molecule has 7 nitrogen and oxygen atoms in total. The largest absolute Gasteiger partial charge is 0.358 e. The Hall–Kier alpha value is -3.22. The Balaban J connectivity index is 2.14. The molecule has 130 valence electrons. The van der Waals surface area contributed by atoms with Crippen LogP contribution in [-0.4, -0.2) is 26.4 Å². The topological polar surface area (TPSA) is 90.1 Å². The molecule has 0 aliphatic rings. The van der Waals surface area contributed by atoms with Gasteiger partial charge in [0.2, 0.25) is 5.82 Å². The zero-order valence-corrected chi connectivity index (χ0v) is 14.2. The van der Waals surface area contributed by atoms with Gasteiger partial charge in [-0.25, -0.2) is 4.98 Å². The number of aromatic nitrogens is 2. The number of nitrogens with one attached hydrogen (secondary N) is 1. The fourth-order valence-corrected chi connectivity index (χ4v) is 2.14. The predicted octanol–water partition coefficient (Wildman–Crippen LogP) is 3.59. The quantitative estimate of drug-likeness (QED) is 0.616. The summed E-state index contributed by atoms with van der Waals surface area (Å²) in [5.74, 6) is 0.148. The molecule has 0 spiro atoms. The fourth-order valence-electron chi connectivity index (χ4n) is 2.14. The van der Waals surface area contributed by atoms with Crippen LogP contribution in [0.3, 0.4) is 0 Å². The van der Waals surface area contributed by atoms with Crippen molar-refractivity contribution in [2.45, 2.75) is 26.3 Å². The molecule has 1 aromatic heterocycles. The van der Waals surface area contributed by atoms with Crippen LogP contribution in [0.5, 0.6) is 0 Å². The predicted molar refractivity (Wildman–Crippen MR) is 97.9 cm³/mol. The molecule has 1 amide bonds. The van der Waals surface area contributed by atoms with Crippen molar-refractivity contribution >= 4 is 30.1 Å². The fraction of sp³-hybridized carbons (Fsp3) is 0.222. The second kappa shape index (κ2) is 8.05. The van der Waals surface area contributed by atoms with Gasteiger partial charge in [-0.3, -0.25) is 4.79 Å². The van der Waals surface area contributed by atoms with Gasteiger partial charge in [-0.05, 0) is 42.0 Å². The van der Waals surface area contributed by atoms with E-state index in [1.165, 1.54) is 17.0 Å². The average Bonchev–Trinajstić information content (AvgIpc) is 3.03. The van der Waals surface area contributed by atoms with Crippen LogP contribution in [0.1, 0.15) is 42.0 Å². The van der Waals surface area contributed by atoms with Gasteiger partial charge >= 0.3 is 5.82 Å². The Bertz CT molecular complexity index is 806. The van der Waals surface area contributed by atoms with Crippen molar-refractivity contribution in [1.29, 1.82) is 0 Å². The van der Waals surface area contributed by atoms with Gasteiger partial charge in [0.15, 0.2) is 0 Å². The molecule has 1 unspecified atom stereocenters. The van der Waals surface area contributed by atoms with Gasteiger partial charge in [-0.1, -0.05) is 25.6 Å². The van der Waals surface area contributed by atoms with Crippen molar-refractivity contribution in [2.24, 2.45) is 0 Å². The minimum Gasteiger partial charge on any atom is -0.358 e. The number of nitrogens with zero attached hydrogens (tertiary/aromatic N) is 3. The highest BCUT2D eigenvalue weighted by Crippen LogP contribution is 2.17. The molecule has 0 fully saturated rings. The smallest absolute Gasteiger partial charge is 0.347 e. The number of hydrogen-bond donors (Lipinski definition) is 1. The first-order valence-electron chi connectivity index (χ1n) is 7.89. The van der Waals surface area contributed by atoms with E-state index in [-0.39, 0.29) is 17.8 Å². The lowest BCUT2D eigenvalue weighted by Gasteiger charge is -2.11. The van der Waals surface area contributed by atoms with Crippen LogP contribution in [0.25, 0.3) is 18.4 Å². The highest BCUT2D eigenvalue weighted by molar-refractivity contribution is 5.94. The molecule has 1 heterocycles. The monoisotopic (exact) mass is 340 g/mol. The molecule has 25 heavy (non-hydrogen) atoms. The molecule has 2 aromatic rings. The molecule has 0 aliphatic carbocycles. The highest BCUT2D eigenvalue weighted by atomic mass is 16.6. The summed E-state index contributed by atoms with van der Waals surface area (Å²) in [6.45, 7) is 7.53. The van der Waals surface area contributed by atoms with Gasteiger partial charge in [0.1, 0.15) is 6.20 Å². The number of hydrogen-bond acceptors (Lipinski definition) is 4. The van der Waals surface area contributed by atoms with Gasteiger partial charge in [0.25, 0.3) is 5.91 Å². The molecule has 1 N–H and O–H groups in total. The lowest BCUT2D eigenvalue weighted by atomic mass is 10.1. The molecule has 2 rings (SSSR count). The summed E-state index contributed by atoms with van der Waals surface area (Å²) in [7, 11) is 0. The maximum atomic E-state index is 12.0. The molecule has 1 atom stereocenters. The van der Waals surface area contributed by atoms with Crippen LogP contribution < -0.4 is 5.32 Å². The van der Waals surface area contributed by atoms with Gasteiger partial charge in [-0.15, -0.1) is 0 Å². The van der Waals surface area contributed by atoms with Crippen molar-refractivity contribution in [3.05, 3.63) is 64.1 Å². The Morgan fingerprint density at radius 2 is 2.08 bits per heavy atom.